The molecule has 0 aromatic carbocycles. The Morgan fingerprint density at radius 3 is 2.52 bits per heavy atom. The molecule has 4 saturated carbocycles. The molecule has 23 heavy (non-hydrogen) atoms. The molecule has 0 aromatic rings. The van der Waals surface area contributed by atoms with Crippen molar-refractivity contribution >= 4 is 17.9 Å². The van der Waals surface area contributed by atoms with Crippen molar-refractivity contribution in [3.63, 3.8) is 0 Å². The molecule has 4 atom stereocenters. The van der Waals surface area contributed by atoms with Gasteiger partial charge < -0.3 is 15.2 Å². The third kappa shape index (κ3) is 2.41. The lowest BCUT2D eigenvalue weighted by Crippen LogP contribution is -2.58. The number of carbonyl (C=O) groups excluding carboxylic acids is 3. The smallest absolute Gasteiger partial charge is 0.324 e. The maximum atomic E-state index is 12.6. The molecule has 3 amide bonds. The van der Waals surface area contributed by atoms with E-state index in [0.717, 1.165) is 37.0 Å². The van der Waals surface area contributed by atoms with Gasteiger partial charge in [-0.3, -0.25) is 14.5 Å². The molecule has 5 aliphatic rings. The summed E-state index contributed by atoms with van der Waals surface area (Å²) < 4.78 is 5.27. The highest BCUT2D eigenvalue weighted by molar-refractivity contribution is 5.97. The van der Waals surface area contributed by atoms with Crippen LogP contribution in [0.3, 0.4) is 0 Å². The zero-order valence-corrected chi connectivity index (χ0v) is 13.0. The number of rotatable bonds is 3. The fraction of sp³-hybridized carbons (Fsp3) is 0.812. The highest BCUT2D eigenvalue weighted by atomic mass is 16.5. The van der Waals surface area contributed by atoms with Gasteiger partial charge in [0.05, 0.1) is 11.0 Å². The first-order valence-corrected chi connectivity index (χ1v) is 8.37. The van der Waals surface area contributed by atoms with E-state index < -0.39 is 29.6 Å². The van der Waals surface area contributed by atoms with Gasteiger partial charge in [0.25, 0.3) is 5.91 Å². The van der Waals surface area contributed by atoms with Gasteiger partial charge in [-0.2, -0.15) is 0 Å². The lowest BCUT2D eigenvalue weighted by Gasteiger charge is -2.58. The van der Waals surface area contributed by atoms with Crippen LogP contribution in [0.4, 0.5) is 4.79 Å². The summed E-state index contributed by atoms with van der Waals surface area (Å²) in [5.41, 5.74) is -1.37. The molecule has 4 aliphatic carbocycles. The van der Waals surface area contributed by atoms with Crippen LogP contribution >= 0.6 is 0 Å². The molecule has 4 bridgehead atoms. The van der Waals surface area contributed by atoms with E-state index in [0.29, 0.717) is 31.3 Å². The van der Waals surface area contributed by atoms with E-state index in [9.17, 15) is 19.5 Å². The second kappa shape index (κ2) is 4.93. The van der Waals surface area contributed by atoms with Crippen molar-refractivity contribution in [1.82, 2.24) is 10.2 Å². The molecule has 7 nitrogen and oxygen atoms in total. The molecule has 1 heterocycles. The number of nitrogens with zero attached hydrogens (tertiary/aromatic N) is 1. The Hall–Kier alpha value is -1.63. The van der Waals surface area contributed by atoms with E-state index in [2.05, 4.69) is 5.32 Å². The van der Waals surface area contributed by atoms with Crippen LogP contribution in [0.15, 0.2) is 0 Å². The minimum absolute atomic E-state index is 0.310. The van der Waals surface area contributed by atoms with E-state index >= 15 is 0 Å². The SMILES string of the molecule is O=C(COC(=O)C12C[C@@H]3C[C@@H](CC(O)(C3)C1)C2)N1CCNC1=O. The van der Waals surface area contributed by atoms with E-state index in [1.54, 1.807) is 0 Å². The normalized spacial score (nSPS) is 41.1. The molecule has 2 unspecified atom stereocenters. The van der Waals surface area contributed by atoms with Crippen molar-refractivity contribution in [2.75, 3.05) is 19.7 Å². The summed E-state index contributed by atoms with van der Waals surface area (Å²) in [6, 6.07) is -0.435. The zero-order chi connectivity index (χ0) is 16.2. The predicted octanol–water partition coefficient (Wildman–Crippen LogP) is 0.413. The van der Waals surface area contributed by atoms with Crippen molar-refractivity contribution in [3.05, 3.63) is 0 Å². The van der Waals surface area contributed by atoms with Crippen molar-refractivity contribution in [1.29, 1.82) is 0 Å². The highest BCUT2D eigenvalue weighted by Gasteiger charge is 2.61. The standard InChI is InChI=1S/C16H22N2O5/c19-12(18-2-1-17-14(18)21)8-23-13(20)15-4-10-3-11(5-15)7-16(22,6-10)9-15/h10-11,22H,1-9H2,(H,17,21)/t10-,11+,15?,16?. The monoisotopic (exact) mass is 322 g/mol. The molecule has 0 radical (unpaired) electrons. The van der Waals surface area contributed by atoms with Crippen molar-refractivity contribution in [2.24, 2.45) is 17.3 Å². The van der Waals surface area contributed by atoms with E-state index in [4.69, 9.17) is 4.74 Å². The number of ether oxygens (including phenoxy) is 1. The molecule has 7 heteroatoms. The number of urea groups is 1. The van der Waals surface area contributed by atoms with Gasteiger partial charge in [0.1, 0.15) is 0 Å². The largest absolute Gasteiger partial charge is 0.455 e. The first-order valence-electron chi connectivity index (χ1n) is 8.37. The van der Waals surface area contributed by atoms with Crippen LogP contribution in [0.5, 0.6) is 0 Å². The number of amides is 3. The van der Waals surface area contributed by atoms with Crippen LogP contribution in [-0.2, 0) is 14.3 Å². The Kier molecular flexibility index (Phi) is 3.20. The van der Waals surface area contributed by atoms with Crippen LogP contribution < -0.4 is 5.32 Å². The van der Waals surface area contributed by atoms with Gasteiger partial charge in [-0.05, 0) is 50.4 Å². The molecular weight excluding hydrogens is 300 g/mol. The van der Waals surface area contributed by atoms with Crippen LogP contribution in [0.25, 0.3) is 0 Å². The van der Waals surface area contributed by atoms with Gasteiger partial charge in [-0.25, -0.2) is 4.79 Å². The highest BCUT2D eigenvalue weighted by Crippen LogP contribution is 2.61. The van der Waals surface area contributed by atoms with Crippen LogP contribution in [0, 0.1) is 17.3 Å². The summed E-state index contributed by atoms with van der Waals surface area (Å²) in [6.07, 6.45) is 4.61. The number of carbonyl (C=O) groups is 3. The van der Waals surface area contributed by atoms with Crippen LogP contribution in [-0.4, -0.2) is 53.2 Å². The summed E-state index contributed by atoms with van der Waals surface area (Å²) in [6.45, 7) is 0.338. The van der Waals surface area contributed by atoms with E-state index in [1.807, 2.05) is 0 Å². The summed E-state index contributed by atoms with van der Waals surface area (Å²) in [4.78, 5) is 37.1. The lowest BCUT2D eigenvalue weighted by molar-refractivity contribution is -0.196. The fourth-order valence-electron chi connectivity index (χ4n) is 5.52. The van der Waals surface area contributed by atoms with Gasteiger partial charge in [-0.1, -0.05) is 0 Å². The first-order chi connectivity index (χ1) is 10.9. The Balaban J connectivity index is 1.41. The van der Waals surface area contributed by atoms with Crippen LogP contribution in [0.2, 0.25) is 0 Å². The quantitative estimate of drug-likeness (QED) is 0.734. The summed E-state index contributed by atoms with van der Waals surface area (Å²) in [7, 11) is 0. The Morgan fingerprint density at radius 1 is 1.26 bits per heavy atom. The molecule has 2 N–H and O–H groups in total. The second-order valence-electron chi connectivity index (χ2n) is 7.82. The Morgan fingerprint density at radius 2 is 1.96 bits per heavy atom. The zero-order valence-electron chi connectivity index (χ0n) is 13.0. The number of aliphatic hydroxyl groups is 1. The maximum absolute atomic E-state index is 12.6. The Labute approximate surface area is 134 Å². The number of esters is 1. The number of imide groups is 1. The molecule has 5 fully saturated rings. The molecular formula is C16H22N2O5. The van der Waals surface area contributed by atoms with Crippen molar-refractivity contribution in [2.45, 2.75) is 44.1 Å². The minimum atomic E-state index is -0.734. The summed E-state index contributed by atoms with van der Waals surface area (Å²) in [5, 5.41) is 13.2. The minimum Gasteiger partial charge on any atom is -0.455 e. The van der Waals surface area contributed by atoms with Crippen molar-refractivity contribution in [3.8, 4) is 0 Å². The average Bonchev–Trinajstić information content (AvgIpc) is 2.88. The number of nitrogens with one attached hydrogen (secondary N) is 1. The average molecular weight is 322 g/mol. The molecule has 1 aliphatic heterocycles. The van der Waals surface area contributed by atoms with Gasteiger partial charge in [0.15, 0.2) is 6.61 Å². The van der Waals surface area contributed by atoms with Gasteiger partial charge in [0, 0.05) is 13.1 Å². The topological polar surface area (TPSA) is 95.9 Å². The summed E-state index contributed by atoms with van der Waals surface area (Å²) in [5.74, 6) is -0.0995. The third-order valence-electron chi connectivity index (χ3n) is 5.95. The predicted molar refractivity (Wildman–Crippen MR) is 78.1 cm³/mol. The number of hydrogen-bond donors (Lipinski definition) is 2. The summed E-state index contributed by atoms with van der Waals surface area (Å²) >= 11 is 0. The molecule has 0 aromatic heterocycles. The molecule has 1 saturated heterocycles. The van der Waals surface area contributed by atoms with Gasteiger partial charge in [-0.15, -0.1) is 0 Å². The van der Waals surface area contributed by atoms with Crippen molar-refractivity contribution < 1.29 is 24.2 Å². The Bertz CT molecular complexity index is 561. The van der Waals surface area contributed by atoms with E-state index in [1.165, 1.54) is 0 Å². The lowest BCUT2D eigenvalue weighted by atomic mass is 9.48. The van der Waals surface area contributed by atoms with Crippen LogP contribution in [0.1, 0.15) is 38.5 Å². The molecule has 0 spiro atoms. The van der Waals surface area contributed by atoms with Gasteiger partial charge in [0.2, 0.25) is 0 Å². The maximum Gasteiger partial charge on any atom is 0.324 e. The second-order valence-corrected chi connectivity index (χ2v) is 7.82. The molecule has 5 rings (SSSR count). The van der Waals surface area contributed by atoms with E-state index in [-0.39, 0.29) is 5.97 Å². The fourth-order valence-corrected chi connectivity index (χ4v) is 5.52. The van der Waals surface area contributed by atoms with Gasteiger partial charge >= 0.3 is 12.0 Å². The third-order valence-corrected chi connectivity index (χ3v) is 5.95. The first kappa shape index (κ1) is 14.9. The molecule has 126 valence electrons. The number of hydrogen-bond acceptors (Lipinski definition) is 5.